The van der Waals surface area contributed by atoms with Crippen molar-refractivity contribution in [2.45, 2.75) is 9.92 Å². The van der Waals surface area contributed by atoms with Crippen LogP contribution in [0.15, 0.2) is 45.9 Å². The average Bonchev–Trinajstić information content (AvgIpc) is 2.90. The molecule has 0 aliphatic rings. The predicted molar refractivity (Wildman–Crippen MR) is 74.9 cm³/mol. The zero-order chi connectivity index (χ0) is 14.1. The van der Waals surface area contributed by atoms with E-state index in [1.165, 1.54) is 29.8 Å². The molecule has 1 N–H and O–H groups in total. The van der Waals surface area contributed by atoms with E-state index >= 15 is 0 Å². The molecule has 4 nitrogen and oxygen atoms in total. The molecule has 0 unspecified atom stereocenters. The van der Waals surface area contributed by atoms with Crippen molar-refractivity contribution in [2.75, 3.05) is 0 Å². The minimum absolute atomic E-state index is 0.0459. The zero-order valence-electron chi connectivity index (χ0n) is 9.91. The number of thiophene rings is 1. The summed E-state index contributed by atoms with van der Waals surface area (Å²) >= 11 is 2.57. The Bertz CT molecular complexity index is 804. The van der Waals surface area contributed by atoms with Gasteiger partial charge in [0, 0.05) is 5.39 Å². The molecule has 0 aliphatic carbocycles. The van der Waals surface area contributed by atoms with E-state index in [0.717, 1.165) is 28.0 Å². The van der Waals surface area contributed by atoms with Gasteiger partial charge >= 0.3 is 5.97 Å². The fourth-order valence-corrected chi connectivity index (χ4v) is 3.40. The second-order valence-electron chi connectivity index (χ2n) is 3.87. The number of nitrogens with zero attached hydrogens (tertiary/aromatic N) is 2. The fourth-order valence-electron chi connectivity index (χ4n) is 1.67. The van der Waals surface area contributed by atoms with Crippen molar-refractivity contribution in [1.82, 2.24) is 9.97 Å². The van der Waals surface area contributed by atoms with Crippen molar-refractivity contribution >= 4 is 39.3 Å². The Morgan fingerprint density at radius 2 is 2.15 bits per heavy atom. The van der Waals surface area contributed by atoms with Crippen LogP contribution in [0.4, 0.5) is 4.39 Å². The summed E-state index contributed by atoms with van der Waals surface area (Å²) in [5.41, 5.74) is 0.0459. The second-order valence-corrected chi connectivity index (χ2v) is 5.80. The first-order valence-corrected chi connectivity index (χ1v) is 7.23. The molecule has 0 amide bonds. The van der Waals surface area contributed by atoms with Crippen molar-refractivity contribution in [3.05, 3.63) is 47.4 Å². The molecule has 0 atom stereocenters. The van der Waals surface area contributed by atoms with Crippen molar-refractivity contribution < 1.29 is 14.3 Å². The van der Waals surface area contributed by atoms with Crippen LogP contribution in [0.1, 0.15) is 10.4 Å². The molecule has 1 aromatic carbocycles. The molecule has 0 aliphatic heterocycles. The molecular formula is C13H7FN2O2S2. The van der Waals surface area contributed by atoms with Gasteiger partial charge in [-0.1, -0.05) is 11.8 Å². The van der Waals surface area contributed by atoms with Crippen LogP contribution in [0, 0.1) is 5.82 Å². The van der Waals surface area contributed by atoms with Crippen LogP contribution in [0.5, 0.6) is 0 Å². The lowest BCUT2D eigenvalue weighted by molar-refractivity contribution is 0.0696. The number of carboxylic acids is 1. The van der Waals surface area contributed by atoms with Crippen LogP contribution in [0.25, 0.3) is 10.2 Å². The molecule has 0 fully saturated rings. The summed E-state index contributed by atoms with van der Waals surface area (Å²) in [5.74, 6) is -1.56. The van der Waals surface area contributed by atoms with E-state index in [1.54, 1.807) is 0 Å². The number of halogens is 1. The van der Waals surface area contributed by atoms with E-state index in [0.29, 0.717) is 5.03 Å². The zero-order valence-corrected chi connectivity index (χ0v) is 11.5. The lowest BCUT2D eigenvalue weighted by Gasteiger charge is -2.04. The SMILES string of the molecule is O=C(O)c1ccc(F)c(Sc2ncnc3sccc23)c1. The standard InChI is InChI=1S/C13H7FN2O2S2/c14-9-2-1-7(13(17)18)5-10(9)20-12-8-3-4-19-11(8)15-6-16-12/h1-6H,(H,17,18). The number of rotatable bonds is 3. The highest BCUT2D eigenvalue weighted by molar-refractivity contribution is 7.99. The third-order valence-corrected chi connectivity index (χ3v) is 4.48. The first kappa shape index (κ1) is 13.0. The number of hydrogen-bond acceptors (Lipinski definition) is 5. The van der Waals surface area contributed by atoms with Crippen LogP contribution >= 0.6 is 23.1 Å². The smallest absolute Gasteiger partial charge is 0.335 e. The minimum atomic E-state index is -1.09. The van der Waals surface area contributed by atoms with Gasteiger partial charge in [0.05, 0.1) is 10.5 Å². The van der Waals surface area contributed by atoms with E-state index in [1.807, 2.05) is 11.4 Å². The van der Waals surface area contributed by atoms with Gasteiger partial charge in [-0.3, -0.25) is 0 Å². The summed E-state index contributed by atoms with van der Waals surface area (Å²) in [5, 5.41) is 12.3. The number of aromatic carboxylic acids is 1. The topological polar surface area (TPSA) is 63.1 Å². The number of aromatic nitrogens is 2. The fraction of sp³-hybridized carbons (Fsp3) is 0. The molecular weight excluding hydrogens is 299 g/mol. The maximum atomic E-state index is 13.8. The summed E-state index contributed by atoms with van der Waals surface area (Å²) in [6, 6.07) is 5.56. The number of benzene rings is 1. The van der Waals surface area contributed by atoms with Gasteiger partial charge in [0.15, 0.2) is 0 Å². The molecule has 100 valence electrons. The minimum Gasteiger partial charge on any atom is -0.478 e. The molecule has 0 saturated heterocycles. The molecule has 2 aromatic heterocycles. The number of carbonyl (C=O) groups is 1. The molecule has 0 bridgehead atoms. The van der Waals surface area contributed by atoms with Crippen molar-refractivity contribution in [3.8, 4) is 0 Å². The van der Waals surface area contributed by atoms with Crippen LogP contribution < -0.4 is 0 Å². The third-order valence-electron chi connectivity index (χ3n) is 2.61. The van der Waals surface area contributed by atoms with E-state index < -0.39 is 11.8 Å². The van der Waals surface area contributed by atoms with E-state index in [9.17, 15) is 9.18 Å². The molecule has 7 heteroatoms. The van der Waals surface area contributed by atoms with Crippen molar-refractivity contribution in [2.24, 2.45) is 0 Å². The van der Waals surface area contributed by atoms with Gasteiger partial charge in [0.2, 0.25) is 0 Å². The average molecular weight is 306 g/mol. The summed E-state index contributed by atoms with van der Waals surface area (Å²) in [4.78, 5) is 20.2. The summed E-state index contributed by atoms with van der Waals surface area (Å²) in [6.07, 6.45) is 1.42. The van der Waals surface area contributed by atoms with Crippen molar-refractivity contribution in [1.29, 1.82) is 0 Å². The van der Waals surface area contributed by atoms with Crippen LogP contribution in [0.2, 0.25) is 0 Å². The highest BCUT2D eigenvalue weighted by Crippen LogP contribution is 2.34. The normalized spacial score (nSPS) is 10.8. The lowest BCUT2D eigenvalue weighted by atomic mass is 10.2. The first-order valence-electron chi connectivity index (χ1n) is 5.54. The lowest BCUT2D eigenvalue weighted by Crippen LogP contribution is -1.97. The quantitative estimate of drug-likeness (QED) is 0.748. The molecule has 3 aromatic rings. The van der Waals surface area contributed by atoms with Gasteiger partial charge in [-0.2, -0.15) is 0 Å². The largest absolute Gasteiger partial charge is 0.478 e. The van der Waals surface area contributed by atoms with Crippen LogP contribution in [-0.2, 0) is 0 Å². The maximum absolute atomic E-state index is 13.8. The van der Waals surface area contributed by atoms with Crippen LogP contribution in [-0.4, -0.2) is 21.0 Å². The van der Waals surface area contributed by atoms with Gasteiger partial charge in [-0.15, -0.1) is 11.3 Å². The Morgan fingerprint density at radius 3 is 2.95 bits per heavy atom. The Labute approximate surface area is 121 Å². The van der Waals surface area contributed by atoms with Gasteiger partial charge in [-0.25, -0.2) is 19.2 Å². The Balaban J connectivity index is 2.04. The maximum Gasteiger partial charge on any atom is 0.335 e. The molecule has 0 radical (unpaired) electrons. The summed E-state index contributed by atoms with van der Waals surface area (Å²) < 4.78 is 13.8. The highest BCUT2D eigenvalue weighted by atomic mass is 32.2. The first-order chi connectivity index (χ1) is 9.65. The van der Waals surface area contributed by atoms with Gasteiger partial charge in [0.25, 0.3) is 0 Å². The number of hydrogen-bond donors (Lipinski definition) is 1. The van der Waals surface area contributed by atoms with Crippen LogP contribution in [0.3, 0.4) is 0 Å². The second kappa shape index (κ2) is 5.18. The highest BCUT2D eigenvalue weighted by Gasteiger charge is 2.12. The number of fused-ring (bicyclic) bond motifs is 1. The molecule has 3 rings (SSSR count). The summed E-state index contributed by atoms with van der Waals surface area (Å²) in [6.45, 7) is 0. The Hall–Kier alpha value is -1.99. The molecule has 0 spiro atoms. The van der Waals surface area contributed by atoms with E-state index in [2.05, 4.69) is 9.97 Å². The van der Waals surface area contributed by atoms with E-state index in [-0.39, 0.29) is 10.5 Å². The number of carboxylic acid groups (broad SMARTS) is 1. The predicted octanol–water partition coefficient (Wildman–Crippen LogP) is 3.68. The molecule has 20 heavy (non-hydrogen) atoms. The van der Waals surface area contributed by atoms with E-state index in [4.69, 9.17) is 5.11 Å². The Kier molecular flexibility index (Phi) is 3.37. The Morgan fingerprint density at radius 1 is 1.30 bits per heavy atom. The third kappa shape index (κ3) is 2.37. The van der Waals surface area contributed by atoms with Crippen molar-refractivity contribution in [3.63, 3.8) is 0 Å². The van der Waals surface area contributed by atoms with Gasteiger partial charge in [-0.05, 0) is 29.6 Å². The molecule has 2 heterocycles. The van der Waals surface area contributed by atoms with Gasteiger partial charge in [0.1, 0.15) is 22.0 Å². The molecule has 0 saturated carbocycles. The van der Waals surface area contributed by atoms with Gasteiger partial charge < -0.3 is 5.11 Å². The monoisotopic (exact) mass is 306 g/mol. The summed E-state index contributed by atoms with van der Waals surface area (Å²) in [7, 11) is 0.